The van der Waals surface area contributed by atoms with Crippen LogP contribution in [-0.2, 0) is 18.3 Å². The number of phosphoric acid groups is 1. The van der Waals surface area contributed by atoms with Crippen molar-refractivity contribution in [3.63, 3.8) is 0 Å². The molecule has 0 fully saturated rings. The van der Waals surface area contributed by atoms with Crippen LogP contribution in [0, 0.1) is 0 Å². The molecule has 0 aliphatic heterocycles. The first-order chi connectivity index (χ1) is 8.52. The lowest BCUT2D eigenvalue weighted by Gasteiger charge is -2.15. The van der Waals surface area contributed by atoms with Gasteiger partial charge in [-0.25, -0.2) is 4.57 Å². The fraction of sp³-hybridized carbons (Fsp3) is 1.00. The molecular weight excluding hydrogens is 261 g/mol. The molecule has 110 valence electrons. The van der Waals surface area contributed by atoms with Crippen molar-refractivity contribution in [3.05, 3.63) is 0 Å². The van der Waals surface area contributed by atoms with Crippen LogP contribution in [0.4, 0.5) is 0 Å². The van der Waals surface area contributed by atoms with E-state index in [4.69, 9.17) is 15.4 Å². The van der Waals surface area contributed by atoms with Crippen LogP contribution < -0.4 is 5.73 Å². The standard InChI is InChI=1S/C10H24NO6P/c1-2-3-4-6-15-8-10(12)9-17-18(13,14)16-7-5-11/h10,12H,2-9,11H2,1H3,(H,13,14). The molecule has 0 saturated heterocycles. The van der Waals surface area contributed by atoms with E-state index in [9.17, 15) is 9.67 Å². The molecule has 0 spiro atoms. The number of phosphoric ester groups is 1. The van der Waals surface area contributed by atoms with Gasteiger partial charge in [-0.15, -0.1) is 0 Å². The van der Waals surface area contributed by atoms with Crippen LogP contribution in [0.1, 0.15) is 26.2 Å². The van der Waals surface area contributed by atoms with E-state index in [-0.39, 0.29) is 26.4 Å². The molecule has 0 aromatic heterocycles. The lowest BCUT2D eigenvalue weighted by molar-refractivity contribution is 0.00237. The second-order valence-electron chi connectivity index (χ2n) is 3.82. The molecule has 0 radical (unpaired) electrons. The van der Waals surface area contributed by atoms with Crippen molar-refractivity contribution in [3.8, 4) is 0 Å². The minimum atomic E-state index is -4.11. The largest absolute Gasteiger partial charge is 0.472 e. The van der Waals surface area contributed by atoms with Crippen molar-refractivity contribution < 1.29 is 28.3 Å². The van der Waals surface area contributed by atoms with Gasteiger partial charge in [0.25, 0.3) is 0 Å². The zero-order chi connectivity index (χ0) is 13.9. The molecule has 2 atom stereocenters. The Kier molecular flexibility index (Phi) is 10.9. The summed E-state index contributed by atoms with van der Waals surface area (Å²) >= 11 is 0. The normalized spacial score (nSPS) is 16.4. The molecule has 0 aromatic carbocycles. The second kappa shape index (κ2) is 10.9. The molecule has 0 amide bonds. The Labute approximate surface area is 108 Å². The van der Waals surface area contributed by atoms with Gasteiger partial charge in [-0.1, -0.05) is 19.8 Å². The number of hydrogen-bond donors (Lipinski definition) is 3. The van der Waals surface area contributed by atoms with E-state index >= 15 is 0 Å². The second-order valence-corrected chi connectivity index (χ2v) is 5.28. The van der Waals surface area contributed by atoms with E-state index in [1.807, 2.05) is 0 Å². The van der Waals surface area contributed by atoms with Crippen LogP contribution in [0.15, 0.2) is 0 Å². The molecule has 0 saturated carbocycles. The topological polar surface area (TPSA) is 111 Å². The molecule has 0 bridgehead atoms. The van der Waals surface area contributed by atoms with E-state index in [1.165, 1.54) is 0 Å². The van der Waals surface area contributed by atoms with Crippen molar-refractivity contribution >= 4 is 7.82 Å². The summed E-state index contributed by atoms with van der Waals surface area (Å²) < 4.78 is 25.5. The van der Waals surface area contributed by atoms with Gasteiger partial charge in [0, 0.05) is 13.2 Å². The van der Waals surface area contributed by atoms with Gasteiger partial charge in [-0.05, 0) is 6.42 Å². The lowest BCUT2D eigenvalue weighted by Crippen LogP contribution is -2.22. The first-order valence-corrected chi connectivity index (χ1v) is 7.59. The average molecular weight is 285 g/mol. The van der Waals surface area contributed by atoms with Crippen molar-refractivity contribution in [1.82, 2.24) is 0 Å². The number of nitrogens with two attached hydrogens (primary N) is 1. The Morgan fingerprint density at radius 2 is 1.94 bits per heavy atom. The molecule has 0 aliphatic rings. The maximum atomic E-state index is 11.2. The summed E-state index contributed by atoms with van der Waals surface area (Å²) in [5.41, 5.74) is 5.12. The summed E-state index contributed by atoms with van der Waals surface area (Å²) in [6.07, 6.45) is 2.16. The van der Waals surface area contributed by atoms with Crippen molar-refractivity contribution in [1.29, 1.82) is 0 Å². The molecular formula is C10H24NO6P. The fourth-order valence-corrected chi connectivity index (χ4v) is 1.88. The van der Waals surface area contributed by atoms with Crippen molar-refractivity contribution in [2.75, 3.05) is 33.0 Å². The Hall–Kier alpha value is -0.0100. The minimum Gasteiger partial charge on any atom is -0.388 e. The molecule has 4 N–H and O–H groups in total. The first-order valence-electron chi connectivity index (χ1n) is 6.09. The van der Waals surface area contributed by atoms with Gasteiger partial charge in [0.05, 0.1) is 19.8 Å². The highest BCUT2D eigenvalue weighted by molar-refractivity contribution is 7.47. The summed E-state index contributed by atoms with van der Waals surface area (Å²) in [7, 11) is -4.11. The van der Waals surface area contributed by atoms with Crippen molar-refractivity contribution in [2.24, 2.45) is 5.73 Å². The first kappa shape index (κ1) is 18.0. The maximum Gasteiger partial charge on any atom is 0.472 e. The summed E-state index contributed by atoms with van der Waals surface area (Å²) in [5, 5.41) is 9.43. The third-order valence-corrected chi connectivity index (χ3v) is 2.99. The third kappa shape index (κ3) is 11.1. The zero-order valence-electron chi connectivity index (χ0n) is 10.8. The predicted molar refractivity (Wildman–Crippen MR) is 67.1 cm³/mol. The monoisotopic (exact) mass is 285 g/mol. The number of unbranched alkanes of at least 4 members (excludes halogenated alkanes) is 2. The summed E-state index contributed by atoms with van der Waals surface area (Å²) in [5.74, 6) is 0. The molecule has 2 unspecified atom stereocenters. The van der Waals surface area contributed by atoms with Crippen LogP contribution in [0.3, 0.4) is 0 Å². The lowest BCUT2D eigenvalue weighted by atomic mass is 10.3. The number of hydrogen-bond acceptors (Lipinski definition) is 6. The van der Waals surface area contributed by atoms with Gasteiger partial charge >= 0.3 is 7.82 Å². The number of ether oxygens (including phenoxy) is 1. The number of aliphatic hydroxyl groups excluding tert-OH is 1. The molecule has 0 aromatic rings. The summed E-state index contributed by atoms with van der Waals surface area (Å²) in [6, 6.07) is 0. The van der Waals surface area contributed by atoms with Gasteiger partial charge in [0.1, 0.15) is 6.10 Å². The number of aliphatic hydroxyl groups is 1. The Morgan fingerprint density at radius 1 is 1.22 bits per heavy atom. The summed E-state index contributed by atoms with van der Waals surface area (Å²) in [6.45, 7) is 2.45. The Morgan fingerprint density at radius 3 is 2.56 bits per heavy atom. The average Bonchev–Trinajstić information content (AvgIpc) is 2.34. The molecule has 18 heavy (non-hydrogen) atoms. The van der Waals surface area contributed by atoms with E-state index in [1.54, 1.807) is 0 Å². The molecule has 0 heterocycles. The minimum absolute atomic E-state index is 0.0700. The highest BCUT2D eigenvalue weighted by Gasteiger charge is 2.22. The van der Waals surface area contributed by atoms with Crippen LogP contribution in [0.25, 0.3) is 0 Å². The van der Waals surface area contributed by atoms with Crippen LogP contribution in [-0.4, -0.2) is 49.1 Å². The zero-order valence-corrected chi connectivity index (χ0v) is 11.7. The SMILES string of the molecule is CCCCCOCC(O)COP(=O)(O)OCCN. The van der Waals surface area contributed by atoms with E-state index in [0.717, 1.165) is 19.3 Å². The van der Waals surface area contributed by atoms with Gasteiger partial charge in [-0.2, -0.15) is 0 Å². The van der Waals surface area contributed by atoms with E-state index in [2.05, 4.69) is 16.0 Å². The molecule has 0 rings (SSSR count). The van der Waals surface area contributed by atoms with Crippen LogP contribution in [0.2, 0.25) is 0 Å². The van der Waals surface area contributed by atoms with Crippen molar-refractivity contribution in [2.45, 2.75) is 32.3 Å². The van der Waals surface area contributed by atoms with Gasteiger partial charge in [0.15, 0.2) is 0 Å². The van der Waals surface area contributed by atoms with Crippen LogP contribution in [0.5, 0.6) is 0 Å². The summed E-state index contributed by atoms with van der Waals surface area (Å²) in [4.78, 5) is 9.14. The smallest absolute Gasteiger partial charge is 0.388 e. The van der Waals surface area contributed by atoms with Gasteiger partial charge in [0.2, 0.25) is 0 Å². The number of rotatable bonds is 12. The Bertz CT molecular complexity index is 240. The van der Waals surface area contributed by atoms with E-state index < -0.39 is 13.9 Å². The quantitative estimate of drug-likeness (QED) is 0.356. The molecule has 0 aliphatic carbocycles. The fourth-order valence-electron chi connectivity index (χ4n) is 1.11. The maximum absolute atomic E-state index is 11.2. The van der Waals surface area contributed by atoms with Crippen LogP contribution >= 0.6 is 7.82 Å². The Balaban J connectivity index is 3.56. The highest BCUT2D eigenvalue weighted by Crippen LogP contribution is 2.42. The van der Waals surface area contributed by atoms with Gasteiger partial charge in [-0.3, -0.25) is 9.05 Å². The third-order valence-electron chi connectivity index (χ3n) is 2.00. The van der Waals surface area contributed by atoms with E-state index in [0.29, 0.717) is 6.61 Å². The molecule has 7 nitrogen and oxygen atoms in total. The highest BCUT2D eigenvalue weighted by atomic mass is 31.2. The van der Waals surface area contributed by atoms with Gasteiger partial charge < -0.3 is 20.5 Å². The predicted octanol–water partition coefficient (Wildman–Crippen LogP) is 0.646. The molecule has 8 heteroatoms.